The minimum atomic E-state index is -2.07. The maximum absolute atomic E-state index is 9.04. The lowest BCUT2D eigenvalue weighted by Crippen LogP contribution is -2.30. The van der Waals surface area contributed by atoms with Crippen LogP contribution >= 0.6 is 0 Å². The molecule has 0 heterocycles. The molecule has 0 saturated heterocycles. The smallest absolute Gasteiger partial charge is 0.351 e. The molecule has 0 radical (unpaired) electrons. The highest BCUT2D eigenvalue weighted by atomic mass is 16.4. The lowest BCUT2D eigenvalue weighted by atomic mass is 10.7. The van der Waals surface area contributed by atoms with Crippen LogP contribution in [0, 0.1) is 0 Å². The first-order chi connectivity index (χ1) is 5.29. The van der Waals surface area contributed by atoms with E-state index in [1.807, 2.05) is 0 Å². The number of carbonyl (C=O) groups excluding carboxylic acids is 2. The van der Waals surface area contributed by atoms with E-state index in [2.05, 4.69) is 0 Å². The Hall–Kier alpha value is -2.24. The van der Waals surface area contributed by atoms with Crippen LogP contribution in [-0.2, 0) is 30.1 Å². The van der Waals surface area contributed by atoms with Gasteiger partial charge in [-0.1, -0.05) is 0 Å². The van der Waals surface area contributed by atoms with Gasteiger partial charge in [-0.3, -0.25) is 0 Å². The number of hydrogen-bond donors (Lipinski definition) is 2. The van der Waals surface area contributed by atoms with Crippen molar-refractivity contribution in [2.45, 2.75) is 0 Å². The first kappa shape index (κ1) is 29.3. The van der Waals surface area contributed by atoms with Gasteiger partial charge in [-0.25, -0.2) is 9.59 Å². The molecule has 0 atom stereocenters. The normalized spacial score (nSPS) is 5.87. The van der Waals surface area contributed by atoms with Gasteiger partial charge in [0, 0.05) is 0 Å². The Balaban J connectivity index is -0.0000000370. The van der Waals surface area contributed by atoms with Crippen LogP contribution in [0.1, 0.15) is 0 Å². The van der Waals surface area contributed by atoms with E-state index >= 15 is 0 Å². The molecule has 0 aliphatic heterocycles. The second-order valence-electron chi connectivity index (χ2n) is 1.19. The molecular formula is C4H10O11. The van der Waals surface area contributed by atoms with E-state index in [0.29, 0.717) is 0 Å². The Labute approximate surface area is 81.1 Å². The molecule has 0 unspecified atom stereocenters. The molecule has 0 spiro atoms. The Morgan fingerprint density at radius 2 is 0.800 bits per heavy atom. The summed E-state index contributed by atoms with van der Waals surface area (Å²) in [5.41, 5.74) is 0. The van der Waals surface area contributed by atoms with E-state index in [4.69, 9.17) is 39.6 Å². The maximum Gasteiger partial charge on any atom is 0.351 e. The lowest BCUT2D eigenvalue weighted by molar-refractivity contribution is -0.303. The fraction of sp³-hybridized carbons (Fsp3) is 0. The van der Waals surface area contributed by atoms with Crippen LogP contribution < -0.4 is 10.2 Å². The summed E-state index contributed by atoms with van der Waals surface area (Å²) in [6.45, 7) is 0. The van der Waals surface area contributed by atoms with Gasteiger partial charge in [-0.15, -0.1) is 0 Å². The van der Waals surface area contributed by atoms with Crippen molar-refractivity contribution in [2.24, 2.45) is 0 Å². The number of carboxylic acids is 4. The van der Waals surface area contributed by atoms with E-state index < -0.39 is 23.9 Å². The summed E-state index contributed by atoms with van der Waals surface area (Å²) >= 11 is 0. The molecular weight excluding hydrogens is 224 g/mol. The highest BCUT2D eigenvalue weighted by Gasteiger charge is 1.90. The van der Waals surface area contributed by atoms with Crippen LogP contribution in [0.2, 0.25) is 0 Å². The van der Waals surface area contributed by atoms with Crippen LogP contribution in [0.3, 0.4) is 0 Å². The third kappa shape index (κ3) is 33.8. The van der Waals surface area contributed by atoms with Gasteiger partial charge in [-0.2, -0.15) is 0 Å². The zero-order valence-electron chi connectivity index (χ0n) is 7.00. The predicted octanol–water partition coefficient (Wildman–Crippen LogP) is -7.03. The summed E-state index contributed by atoms with van der Waals surface area (Å²) in [5.74, 6) is -8.02. The molecule has 0 aromatic rings. The molecule has 11 heteroatoms. The summed E-state index contributed by atoms with van der Waals surface area (Å²) in [5, 5.41) is 32.6. The van der Waals surface area contributed by atoms with E-state index in [1.54, 1.807) is 0 Å². The molecule has 0 aliphatic rings. The first-order valence-corrected chi connectivity index (χ1v) is 2.17. The van der Waals surface area contributed by atoms with Gasteiger partial charge in [0.15, 0.2) is 11.9 Å². The van der Waals surface area contributed by atoms with Crippen molar-refractivity contribution in [3.63, 3.8) is 0 Å². The van der Waals surface area contributed by atoms with Gasteiger partial charge >= 0.3 is 11.9 Å². The predicted molar refractivity (Wildman–Crippen MR) is 38.6 cm³/mol. The molecule has 0 saturated carbocycles. The van der Waals surface area contributed by atoms with Crippen molar-refractivity contribution >= 4 is 23.9 Å². The third-order valence-corrected chi connectivity index (χ3v) is 0.349. The van der Waals surface area contributed by atoms with Gasteiger partial charge in [0.1, 0.15) is 0 Å². The van der Waals surface area contributed by atoms with Crippen molar-refractivity contribution < 1.29 is 56.0 Å². The van der Waals surface area contributed by atoms with Gasteiger partial charge in [0.2, 0.25) is 0 Å². The van der Waals surface area contributed by atoms with E-state index in [0.717, 1.165) is 0 Å². The zero-order chi connectivity index (χ0) is 10.3. The summed E-state index contributed by atoms with van der Waals surface area (Å²) in [6.07, 6.45) is 0. The number of aliphatic carboxylic acids is 4. The lowest BCUT2D eigenvalue weighted by Gasteiger charge is -1.85. The van der Waals surface area contributed by atoms with E-state index in [9.17, 15) is 0 Å². The number of carboxylic acid groups (broad SMARTS) is 4. The quantitative estimate of drug-likeness (QED) is 0.299. The van der Waals surface area contributed by atoms with Crippen molar-refractivity contribution in [1.29, 1.82) is 0 Å². The average Bonchev–Trinajstić information content (AvgIpc) is 1.88. The molecule has 11 nitrogen and oxygen atoms in total. The summed E-state index contributed by atoms with van der Waals surface area (Å²) < 4.78 is 0. The summed E-state index contributed by atoms with van der Waals surface area (Å²) in [6, 6.07) is 0. The van der Waals surface area contributed by atoms with E-state index in [-0.39, 0.29) is 16.4 Å². The fourth-order valence-electron chi connectivity index (χ4n) is 0. The average molecular weight is 234 g/mol. The second kappa shape index (κ2) is 14.3. The monoisotopic (exact) mass is 234 g/mol. The number of carbonyl (C=O) groups is 4. The highest BCUT2D eigenvalue weighted by Crippen LogP contribution is 1.50. The highest BCUT2D eigenvalue weighted by molar-refractivity contribution is 6.26. The van der Waals surface area contributed by atoms with Crippen LogP contribution in [0.5, 0.6) is 0 Å². The van der Waals surface area contributed by atoms with Gasteiger partial charge in [0.05, 0.1) is 0 Å². The summed E-state index contributed by atoms with van der Waals surface area (Å²) in [7, 11) is 0. The molecule has 15 heavy (non-hydrogen) atoms. The number of hydrogen-bond acceptors (Lipinski definition) is 6. The Kier molecular flexibility index (Phi) is 27.9. The second-order valence-corrected chi connectivity index (χ2v) is 1.19. The number of rotatable bonds is 0. The van der Waals surface area contributed by atoms with Gasteiger partial charge < -0.3 is 46.4 Å². The van der Waals surface area contributed by atoms with Crippen molar-refractivity contribution in [2.75, 3.05) is 0 Å². The van der Waals surface area contributed by atoms with Gasteiger partial charge in [-0.05, 0) is 0 Å². The molecule has 0 amide bonds. The molecule has 0 aromatic carbocycles. The topological polar surface area (TPSA) is 252 Å². The Morgan fingerprint density at radius 3 is 0.800 bits per heavy atom. The van der Waals surface area contributed by atoms with Crippen LogP contribution in [0.15, 0.2) is 0 Å². The minimum absolute atomic E-state index is 0. The van der Waals surface area contributed by atoms with Crippen LogP contribution in [0.25, 0.3) is 0 Å². The molecule has 0 bridgehead atoms. The third-order valence-electron chi connectivity index (χ3n) is 0.349. The molecule has 0 rings (SSSR count). The SMILES string of the molecule is O.O=C([O-])C(=O)O.O=C([O-])C(=O)O.[OH3+].[OH3+]. The fourth-order valence-corrected chi connectivity index (χ4v) is 0. The molecule has 92 valence electrons. The maximum atomic E-state index is 9.04. The van der Waals surface area contributed by atoms with Gasteiger partial charge in [0.25, 0.3) is 0 Å². The van der Waals surface area contributed by atoms with Crippen LogP contribution in [0.4, 0.5) is 0 Å². The molecule has 0 aliphatic carbocycles. The Bertz CT molecular complexity index is 169. The zero-order valence-corrected chi connectivity index (χ0v) is 7.00. The van der Waals surface area contributed by atoms with E-state index in [1.165, 1.54) is 0 Å². The van der Waals surface area contributed by atoms with Crippen molar-refractivity contribution in [3.05, 3.63) is 0 Å². The Morgan fingerprint density at radius 1 is 0.733 bits per heavy atom. The van der Waals surface area contributed by atoms with Crippen LogP contribution in [-0.4, -0.2) is 39.6 Å². The summed E-state index contributed by atoms with van der Waals surface area (Å²) in [4.78, 5) is 36.1. The first-order valence-electron chi connectivity index (χ1n) is 2.17. The molecule has 0 fully saturated rings. The minimum Gasteiger partial charge on any atom is -0.539 e. The largest absolute Gasteiger partial charge is 0.539 e. The molecule has 10 N–H and O–H groups in total. The standard InChI is InChI=1S/2C2H2O4.3H2O/c2*3-1(4)2(5)6;;;/h2*(H,3,4)(H,5,6);3*1H2. The van der Waals surface area contributed by atoms with Crippen molar-refractivity contribution in [1.82, 2.24) is 0 Å². The van der Waals surface area contributed by atoms with Crippen molar-refractivity contribution in [3.8, 4) is 0 Å². The molecule has 0 aromatic heterocycles.